The summed E-state index contributed by atoms with van der Waals surface area (Å²) in [5, 5.41) is 3.88. The summed E-state index contributed by atoms with van der Waals surface area (Å²) < 4.78 is 10.6. The van der Waals surface area contributed by atoms with E-state index in [1.807, 2.05) is 24.3 Å². The van der Waals surface area contributed by atoms with Gasteiger partial charge in [-0.1, -0.05) is 23.5 Å². The smallest absolute Gasteiger partial charge is 0.226 e. The van der Waals surface area contributed by atoms with Crippen molar-refractivity contribution in [3.63, 3.8) is 0 Å². The Bertz CT molecular complexity index is 738. The molecule has 1 unspecified atom stereocenters. The van der Waals surface area contributed by atoms with E-state index in [4.69, 9.17) is 9.47 Å². The lowest BCUT2D eigenvalue weighted by atomic mass is 9.91. The molecule has 0 saturated carbocycles. The number of fused-ring (bicyclic) bond motifs is 1. The van der Waals surface area contributed by atoms with Gasteiger partial charge in [-0.05, 0) is 17.7 Å². The van der Waals surface area contributed by atoms with E-state index in [2.05, 4.69) is 15.2 Å². The molecule has 2 aliphatic heterocycles. The number of ether oxygens (including phenoxy) is 2. The lowest BCUT2D eigenvalue weighted by Crippen LogP contribution is -2.36. The Morgan fingerprint density at radius 2 is 2.04 bits per heavy atom. The zero-order chi connectivity index (χ0) is 16.5. The van der Waals surface area contributed by atoms with E-state index in [1.165, 1.54) is 0 Å². The number of rotatable bonds is 3. The molecule has 4 rings (SSSR count). The Balaban J connectivity index is 1.67. The lowest BCUT2D eigenvalue weighted by Gasteiger charge is -2.26. The minimum absolute atomic E-state index is 0.0159. The average molecular weight is 345 g/mol. The van der Waals surface area contributed by atoms with Crippen LogP contribution in [0.3, 0.4) is 0 Å². The van der Waals surface area contributed by atoms with Gasteiger partial charge in [0.2, 0.25) is 5.91 Å². The largest absolute Gasteiger partial charge is 0.497 e. The van der Waals surface area contributed by atoms with Crippen LogP contribution in [0.1, 0.15) is 22.8 Å². The predicted octanol–water partition coefficient (Wildman–Crippen LogP) is 2.46. The molecular weight excluding hydrogens is 326 g/mol. The standard InChI is InChI=1S/C17H19N3O3S/c1-22-12-4-2-11(3-5-12)13-10-14(21)18-16-15(13)24-17(19-16)20-6-8-23-9-7-20/h2-5,13H,6-10H2,1H3,(H,18,21). The molecule has 1 N–H and O–H groups in total. The molecule has 0 spiro atoms. The maximum Gasteiger partial charge on any atom is 0.226 e. The molecule has 0 radical (unpaired) electrons. The fraction of sp³-hybridized carbons (Fsp3) is 0.412. The highest BCUT2D eigenvalue weighted by atomic mass is 32.1. The SMILES string of the molecule is COc1ccc(C2CC(=O)Nc3nc(N4CCOCC4)sc32)cc1. The number of amides is 1. The zero-order valence-corrected chi connectivity index (χ0v) is 14.3. The van der Waals surface area contributed by atoms with Crippen LogP contribution in [0, 0.1) is 0 Å². The van der Waals surface area contributed by atoms with Crippen LogP contribution in [0.5, 0.6) is 5.75 Å². The van der Waals surface area contributed by atoms with Crippen LogP contribution in [0.2, 0.25) is 0 Å². The van der Waals surface area contributed by atoms with Crippen LogP contribution >= 0.6 is 11.3 Å². The van der Waals surface area contributed by atoms with Crippen molar-refractivity contribution in [3.05, 3.63) is 34.7 Å². The molecule has 0 bridgehead atoms. The summed E-state index contributed by atoms with van der Waals surface area (Å²) >= 11 is 1.67. The molecule has 1 fully saturated rings. The molecular formula is C17H19N3O3S. The molecule has 1 saturated heterocycles. The van der Waals surface area contributed by atoms with Crippen molar-refractivity contribution in [2.24, 2.45) is 0 Å². The van der Waals surface area contributed by atoms with Gasteiger partial charge in [0.25, 0.3) is 0 Å². The third-order valence-electron chi connectivity index (χ3n) is 4.41. The van der Waals surface area contributed by atoms with Crippen molar-refractivity contribution in [2.45, 2.75) is 12.3 Å². The molecule has 126 valence electrons. The molecule has 1 atom stereocenters. The van der Waals surface area contributed by atoms with Crippen LogP contribution in [0.15, 0.2) is 24.3 Å². The van der Waals surface area contributed by atoms with Gasteiger partial charge < -0.3 is 19.7 Å². The molecule has 1 aromatic heterocycles. The summed E-state index contributed by atoms with van der Waals surface area (Å²) in [5.74, 6) is 1.59. The first-order chi connectivity index (χ1) is 11.7. The lowest BCUT2D eigenvalue weighted by molar-refractivity contribution is -0.116. The highest BCUT2D eigenvalue weighted by Gasteiger charge is 2.31. The van der Waals surface area contributed by atoms with E-state index < -0.39 is 0 Å². The number of carbonyl (C=O) groups excluding carboxylic acids is 1. The number of nitrogens with zero attached hydrogens (tertiary/aromatic N) is 2. The highest BCUT2D eigenvalue weighted by Crippen LogP contribution is 2.43. The van der Waals surface area contributed by atoms with Gasteiger partial charge in [0, 0.05) is 25.4 Å². The fourth-order valence-electron chi connectivity index (χ4n) is 3.10. The van der Waals surface area contributed by atoms with Crippen LogP contribution in [0.25, 0.3) is 0 Å². The molecule has 0 aliphatic carbocycles. The number of carbonyl (C=O) groups is 1. The van der Waals surface area contributed by atoms with Gasteiger partial charge >= 0.3 is 0 Å². The second kappa shape index (κ2) is 6.41. The highest BCUT2D eigenvalue weighted by molar-refractivity contribution is 7.16. The number of hydrogen-bond acceptors (Lipinski definition) is 6. The van der Waals surface area contributed by atoms with Gasteiger partial charge in [-0.3, -0.25) is 4.79 Å². The maximum atomic E-state index is 12.1. The van der Waals surface area contributed by atoms with Crippen molar-refractivity contribution in [2.75, 3.05) is 43.6 Å². The summed E-state index contributed by atoms with van der Waals surface area (Å²) in [5.41, 5.74) is 1.11. The summed E-state index contributed by atoms with van der Waals surface area (Å²) in [7, 11) is 1.65. The Morgan fingerprint density at radius 3 is 2.75 bits per heavy atom. The van der Waals surface area contributed by atoms with Crippen molar-refractivity contribution < 1.29 is 14.3 Å². The van der Waals surface area contributed by atoms with Crippen molar-refractivity contribution in [3.8, 4) is 5.75 Å². The fourth-order valence-corrected chi connectivity index (χ4v) is 4.30. The Hall–Kier alpha value is -2.12. The molecule has 6 nitrogen and oxygen atoms in total. The normalized spacial score (nSPS) is 20.5. The number of anilines is 2. The minimum atomic E-state index is 0.0159. The van der Waals surface area contributed by atoms with E-state index in [9.17, 15) is 4.79 Å². The third-order valence-corrected chi connectivity index (χ3v) is 5.64. The van der Waals surface area contributed by atoms with Crippen molar-refractivity contribution in [1.82, 2.24) is 4.98 Å². The quantitative estimate of drug-likeness (QED) is 0.926. The second-order valence-corrected chi connectivity index (χ2v) is 6.90. The summed E-state index contributed by atoms with van der Waals surface area (Å²) in [6.07, 6.45) is 0.448. The molecule has 2 aliphatic rings. The predicted molar refractivity (Wildman–Crippen MR) is 93.2 cm³/mol. The number of nitrogens with one attached hydrogen (secondary N) is 1. The first-order valence-corrected chi connectivity index (χ1v) is 8.83. The number of methoxy groups -OCH3 is 1. The summed E-state index contributed by atoms with van der Waals surface area (Å²) in [6, 6.07) is 7.93. The summed E-state index contributed by atoms with van der Waals surface area (Å²) in [6.45, 7) is 3.12. The topological polar surface area (TPSA) is 63.7 Å². The van der Waals surface area contributed by atoms with Crippen LogP contribution in [-0.2, 0) is 9.53 Å². The number of morpholine rings is 1. The van der Waals surface area contributed by atoms with Gasteiger partial charge in [-0.25, -0.2) is 4.98 Å². The van der Waals surface area contributed by atoms with Crippen LogP contribution in [-0.4, -0.2) is 44.3 Å². The summed E-state index contributed by atoms with van der Waals surface area (Å²) in [4.78, 5) is 20.1. The first kappa shape index (κ1) is 15.4. The number of hydrogen-bond donors (Lipinski definition) is 1. The van der Waals surface area contributed by atoms with E-state index in [-0.39, 0.29) is 11.8 Å². The Kier molecular flexibility index (Phi) is 4.12. The second-order valence-electron chi connectivity index (χ2n) is 5.89. The maximum absolute atomic E-state index is 12.1. The third kappa shape index (κ3) is 2.85. The monoisotopic (exact) mass is 345 g/mol. The first-order valence-electron chi connectivity index (χ1n) is 8.02. The zero-order valence-electron chi connectivity index (χ0n) is 13.4. The van der Waals surface area contributed by atoms with E-state index in [0.717, 1.165) is 47.6 Å². The van der Waals surface area contributed by atoms with Crippen molar-refractivity contribution >= 4 is 28.2 Å². The molecule has 1 aromatic carbocycles. The van der Waals surface area contributed by atoms with Gasteiger partial charge in [-0.2, -0.15) is 0 Å². The number of aromatic nitrogens is 1. The van der Waals surface area contributed by atoms with Crippen LogP contribution < -0.4 is 15.0 Å². The molecule has 7 heteroatoms. The van der Waals surface area contributed by atoms with Gasteiger partial charge in [0.1, 0.15) is 11.6 Å². The van der Waals surface area contributed by atoms with E-state index >= 15 is 0 Å². The van der Waals surface area contributed by atoms with Gasteiger partial charge in [0.15, 0.2) is 5.13 Å². The van der Waals surface area contributed by atoms with E-state index in [1.54, 1.807) is 18.4 Å². The number of benzene rings is 1. The van der Waals surface area contributed by atoms with Gasteiger partial charge in [-0.15, -0.1) is 0 Å². The Morgan fingerprint density at radius 1 is 1.29 bits per heavy atom. The molecule has 3 heterocycles. The minimum Gasteiger partial charge on any atom is -0.497 e. The Labute approximate surface area is 144 Å². The average Bonchev–Trinajstić information content (AvgIpc) is 3.06. The molecule has 24 heavy (non-hydrogen) atoms. The van der Waals surface area contributed by atoms with Gasteiger partial charge in [0.05, 0.1) is 25.2 Å². The van der Waals surface area contributed by atoms with Crippen LogP contribution in [0.4, 0.5) is 10.9 Å². The van der Waals surface area contributed by atoms with Crippen molar-refractivity contribution in [1.29, 1.82) is 0 Å². The number of thiazole rings is 1. The molecule has 2 aromatic rings. The molecule has 1 amide bonds. The van der Waals surface area contributed by atoms with E-state index in [0.29, 0.717) is 12.2 Å².